The molecule has 112 valence electrons. The summed E-state index contributed by atoms with van der Waals surface area (Å²) in [6.07, 6.45) is 4.07. The van der Waals surface area contributed by atoms with Crippen LogP contribution in [0, 0.1) is 18.8 Å². The van der Waals surface area contributed by atoms with Crippen LogP contribution >= 0.6 is 0 Å². The van der Waals surface area contributed by atoms with E-state index >= 15 is 0 Å². The van der Waals surface area contributed by atoms with E-state index in [9.17, 15) is 0 Å². The Balaban J connectivity index is 2.14. The van der Waals surface area contributed by atoms with E-state index in [0.717, 1.165) is 17.6 Å². The fourth-order valence-electron chi connectivity index (χ4n) is 3.58. The van der Waals surface area contributed by atoms with Gasteiger partial charge in [-0.15, -0.1) is 0 Å². The monoisotopic (exact) mass is 275 g/mol. The van der Waals surface area contributed by atoms with Crippen molar-refractivity contribution < 1.29 is 4.74 Å². The van der Waals surface area contributed by atoms with Crippen LogP contribution in [0.4, 0.5) is 0 Å². The molecule has 1 aromatic rings. The first-order valence-electron chi connectivity index (χ1n) is 7.93. The summed E-state index contributed by atoms with van der Waals surface area (Å²) in [5.74, 6) is 2.51. The van der Waals surface area contributed by atoms with Crippen LogP contribution in [0.25, 0.3) is 0 Å². The fraction of sp³-hybridized carbons (Fsp3) is 0.667. The van der Waals surface area contributed by atoms with Gasteiger partial charge in [-0.3, -0.25) is 0 Å². The summed E-state index contributed by atoms with van der Waals surface area (Å²) >= 11 is 0. The lowest BCUT2D eigenvalue weighted by Gasteiger charge is -2.37. The number of benzene rings is 1. The molecule has 1 aliphatic rings. The molecule has 0 amide bonds. The molecule has 2 nitrogen and oxygen atoms in total. The topological polar surface area (TPSA) is 21.3 Å². The van der Waals surface area contributed by atoms with Crippen LogP contribution in [0.5, 0.6) is 5.75 Å². The molecule has 0 spiro atoms. The normalized spacial score (nSPS) is 28.1. The Labute approximate surface area is 123 Å². The summed E-state index contributed by atoms with van der Waals surface area (Å²) in [5.41, 5.74) is 2.57. The van der Waals surface area contributed by atoms with Crippen LogP contribution in [0.1, 0.15) is 57.2 Å². The molecule has 0 radical (unpaired) electrons. The minimum Gasteiger partial charge on any atom is -0.496 e. The highest BCUT2D eigenvalue weighted by molar-refractivity contribution is 5.39. The largest absolute Gasteiger partial charge is 0.496 e. The molecule has 2 rings (SSSR count). The van der Waals surface area contributed by atoms with E-state index < -0.39 is 0 Å². The predicted molar refractivity (Wildman–Crippen MR) is 85.2 cm³/mol. The molecule has 2 heteroatoms. The average molecular weight is 275 g/mol. The maximum atomic E-state index is 5.52. The van der Waals surface area contributed by atoms with Crippen molar-refractivity contribution in [3.63, 3.8) is 0 Å². The number of nitrogens with one attached hydrogen (secondary N) is 1. The van der Waals surface area contributed by atoms with Crippen molar-refractivity contribution in [1.29, 1.82) is 0 Å². The van der Waals surface area contributed by atoms with E-state index in [4.69, 9.17) is 4.74 Å². The second-order valence-electron chi connectivity index (χ2n) is 6.55. The van der Waals surface area contributed by atoms with Crippen molar-refractivity contribution in [1.82, 2.24) is 5.32 Å². The summed E-state index contributed by atoms with van der Waals surface area (Å²) in [6, 6.07) is 7.38. The van der Waals surface area contributed by atoms with Crippen LogP contribution in [-0.2, 0) is 0 Å². The maximum Gasteiger partial charge on any atom is 0.123 e. The molecule has 3 unspecified atom stereocenters. The van der Waals surface area contributed by atoms with Gasteiger partial charge >= 0.3 is 0 Å². The molecule has 0 saturated heterocycles. The number of methoxy groups -OCH3 is 1. The van der Waals surface area contributed by atoms with E-state index in [1.165, 1.54) is 30.4 Å². The molecule has 0 bridgehead atoms. The molecule has 1 aromatic carbocycles. The molecule has 0 heterocycles. The van der Waals surface area contributed by atoms with Crippen LogP contribution in [0.3, 0.4) is 0 Å². The van der Waals surface area contributed by atoms with Gasteiger partial charge in [-0.05, 0) is 44.6 Å². The molecule has 1 fully saturated rings. The van der Waals surface area contributed by atoms with Gasteiger partial charge in [0.15, 0.2) is 0 Å². The Bertz CT molecular complexity index is 433. The molecule has 20 heavy (non-hydrogen) atoms. The Morgan fingerprint density at radius 1 is 1.20 bits per heavy atom. The molecule has 1 aliphatic carbocycles. The van der Waals surface area contributed by atoms with Crippen molar-refractivity contribution in [2.45, 2.75) is 59.0 Å². The second kappa shape index (κ2) is 6.62. The number of hydrogen-bond acceptors (Lipinski definition) is 2. The zero-order valence-corrected chi connectivity index (χ0v) is 13.6. The van der Waals surface area contributed by atoms with E-state index in [2.05, 4.69) is 51.2 Å². The van der Waals surface area contributed by atoms with Gasteiger partial charge < -0.3 is 10.1 Å². The van der Waals surface area contributed by atoms with Crippen LogP contribution < -0.4 is 10.1 Å². The number of aryl methyl sites for hydroxylation is 1. The van der Waals surface area contributed by atoms with Gasteiger partial charge in [-0.1, -0.05) is 38.0 Å². The third kappa shape index (κ3) is 3.35. The summed E-state index contributed by atoms with van der Waals surface area (Å²) in [7, 11) is 1.76. The van der Waals surface area contributed by atoms with Crippen molar-refractivity contribution >= 4 is 0 Å². The lowest BCUT2D eigenvalue weighted by Crippen LogP contribution is -2.43. The first kappa shape index (κ1) is 15.4. The average Bonchev–Trinajstić information content (AvgIpc) is 2.43. The van der Waals surface area contributed by atoms with Crippen LogP contribution in [0.2, 0.25) is 0 Å². The summed E-state index contributed by atoms with van der Waals surface area (Å²) in [6.45, 7) is 9.16. The van der Waals surface area contributed by atoms with Crippen LogP contribution in [-0.4, -0.2) is 13.2 Å². The molecule has 3 atom stereocenters. The Morgan fingerprint density at radius 3 is 2.45 bits per heavy atom. The Hall–Kier alpha value is -1.02. The molecule has 1 saturated carbocycles. The van der Waals surface area contributed by atoms with Crippen molar-refractivity contribution in [3.8, 4) is 5.75 Å². The summed E-state index contributed by atoms with van der Waals surface area (Å²) in [5, 5.41) is 3.86. The van der Waals surface area contributed by atoms with Crippen molar-refractivity contribution in [3.05, 3.63) is 29.3 Å². The number of rotatable bonds is 4. The number of ether oxygens (including phenoxy) is 1. The molecule has 0 aliphatic heterocycles. The quantitative estimate of drug-likeness (QED) is 0.875. The lowest BCUT2D eigenvalue weighted by molar-refractivity contribution is 0.195. The highest BCUT2D eigenvalue weighted by Crippen LogP contribution is 2.32. The maximum absolute atomic E-state index is 5.52. The number of hydrogen-bond donors (Lipinski definition) is 1. The van der Waals surface area contributed by atoms with E-state index in [0.29, 0.717) is 12.1 Å². The van der Waals surface area contributed by atoms with E-state index in [1.54, 1.807) is 7.11 Å². The van der Waals surface area contributed by atoms with Gasteiger partial charge in [-0.25, -0.2) is 0 Å². The van der Waals surface area contributed by atoms with Crippen molar-refractivity contribution in [2.75, 3.05) is 7.11 Å². The zero-order chi connectivity index (χ0) is 14.7. The standard InChI is InChI=1S/C18H29NO/c1-12-9-10-17(20-5)16(11-12)15(4)19-18-13(2)7-6-8-14(18)3/h9-11,13-15,18-19H,6-8H2,1-5H3. The predicted octanol–water partition coefficient (Wildman–Crippen LogP) is 4.48. The van der Waals surface area contributed by atoms with Crippen molar-refractivity contribution in [2.24, 2.45) is 11.8 Å². The van der Waals surface area contributed by atoms with Gasteiger partial charge in [0.25, 0.3) is 0 Å². The Morgan fingerprint density at radius 2 is 1.85 bits per heavy atom. The first-order chi connectivity index (χ1) is 9.52. The SMILES string of the molecule is COc1ccc(C)cc1C(C)NC1C(C)CCCC1C. The third-order valence-electron chi connectivity index (χ3n) is 4.84. The molecule has 0 aromatic heterocycles. The molecular weight excluding hydrogens is 246 g/mol. The van der Waals surface area contributed by atoms with Gasteiger partial charge in [0.1, 0.15) is 5.75 Å². The Kier molecular flexibility index (Phi) is 5.09. The fourth-order valence-corrected chi connectivity index (χ4v) is 3.58. The van der Waals surface area contributed by atoms with Gasteiger partial charge in [0, 0.05) is 17.6 Å². The van der Waals surface area contributed by atoms with Gasteiger partial charge in [0.2, 0.25) is 0 Å². The second-order valence-corrected chi connectivity index (χ2v) is 6.55. The minimum atomic E-state index is 0.331. The third-order valence-corrected chi connectivity index (χ3v) is 4.84. The first-order valence-corrected chi connectivity index (χ1v) is 7.93. The van der Waals surface area contributed by atoms with Crippen LogP contribution in [0.15, 0.2) is 18.2 Å². The zero-order valence-electron chi connectivity index (χ0n) is 13.6. The summed E-state index contributed by atoms with van der Waals surface area (Å²) in [4.78, 5) is 0. The minimum absolute atomic E-state index is 0.331. The van der Waals surface area contributed by atoms with Gasteiger partial charge in [-0.2, -0.15) is 0 Å². The van der Waals surface area contributed by atoms with Gasteiger partial charge in [0.05, 0.1) is 7.11 Å². The van der Waals surface area contributed by atoms with E-state index in [1.807, 2.05) is 0 Å². The van der Waals surface area contributed by atoms with E-state index in [-0.39, 0.29) is 0 Å². The highest BCUT2D eigenvalue weighted by Gasteiger charge is 2.29. The highest BCUT2D eigenvalue weighted by atomic mass is 16.5. The molecular formula is C18H29NO. The lowest BCUT2D eigenvalue weighted by atomic mass is 9.78. The summed E-state index contributed by atoms with van der Waals surface area (Å²) < 4.78 is 5.52. The smallest absolute Gasteiger partial charge is 0.123 e. The molecule has 1 N–H and O–H groups in total.